The minimum atomic E-state index is -0.555. The van der Waals surface area contributed by atoms with Gasteiger partial charge in [0, 0.05) is 17.7 Å². The number of nitro groups is 1. The zero-order valence-electron chi connectivity index (χ0n) is 10.6. The molecule has 1 aromatic rings. The third-order valence-corrected chi connectivity index (χ3v) is 3.15. The molecule has 0 radical (unpaired) electrons. The maximum Gasteiger partial charge on any atom is 0.284 e. The maximum atomic E-state index is 11.9. The van der Waals surface area contributed by atoms with E-state index >= 15 is 0 Å². The summed E-state index contributed by atoms with van der Waals surface area (Å²) in [7, 11) is 0. The second kappa shape index (κ2) is 6.63. The normalized spacial score (nSPS) is 13.7. The molecule has 0 aliphatic heterocycles. The number of hydrogen-bond donors (Lipinski definition) is 2. The highest BCUT2D eigenvalue weighted by Gasteiger charge is 2.17. The van der Waals surface area contributed by atoms with Crippen LogP contribution in [-0.2, 0) is 0 Å². The SMILES string of the molecule is CC(O)CC(C)NC(=O)c1ccc(Br)c([N+](=O)[O-])c1. The molecule has 6 nitrogen and oxygen atoms in total. The summed E-state index contributed by atoms with van der Waals surface area (Å²) in [6.45, 7) is 3.39. The molecule has 0 fully saturated rings. The lowest BCUT2D eigenvalue weighted by atomic mass is 10.1. The van der Waals surface area contributed by atoms with Crippen LogP contribution < -0.4 is 5.32 Å². The highest BCUT2D eigenvalue weighted by atomic mass is 79.9. The molecule has 0 heterocycles. The fourth-order valence-electron chi connectivity index (χ4n) is 1.67. The first-order valence-corrected chi connectivity index (χ1v) is 6.53. The number of aliphatic hydroxyl groups is 1. The molecule has 0 bridgehead atoms. The fraction of sp³-hybridized carbons (Fsp3) is 0.417. The van der Waals surface area contributed by atoms with Crippen LogP contribution in [-0.4, -0.2) is 28.1 Å². The Hall–Kier alpha value is -1.47. The summed E-state index contributed by atoms with van der Waals surface area (Å²) >= 11 is 3.06. The van der Waals surface area contributed by atoms with E-state index in [9.17, 15) is 20.0 Å². The molecule has 0 saturated heterocycles. The number of benzene rings is 1. The number of nitrogens with zero attached hydrogens (tertiary/aromatic N) is 1. The molecule has 19 heavy (non-hydrogen) atoms. The molecule has 0 aliphatic rings. The lowest BCUT2D eigenvalue weighted by molar-refractivity contribution is -0.385. The van der Waals surface area contributed by atoms with Gasteiger partial charge in [0.25, 0.3) is 11.6 Å². The number of carbonyl (C=O) groups is 1. The molecule has 0 aliphatic carbocycles. The number of amides is 1. The van der Waals surface area contributed by atoms with Crippen molar-refractivity contribution in [2.75, 3.05) is 0 Å². The van der Waals surface area contributed by atoms with Crippen LogP contribution in [0.1, 0.15) is 30.6 Å². The van der Waals surface area contributed by atoms with Gasteiger partial charge in [-0.2, -0.15) is 0 Å². The molecule has 2 N–H and O–H groups in total. The molecule has 2 unspecified atom stereocenters. The first-order chi connectivity index (χ1) is 8.81. The van der Waals surface area contributed by atoms with Crippen LogP contribution in [0, 0.1) is 10.1 Å². The van der Waals surface area contributed by atoms with E-state index < -0.39 is 16.9 Å². The number of halogens is 1. The van der Waals surface area contributed by atoms with Gasteiger partial charge in [0.05, 0.1) is 15.5 Å². The molecular weight excluding hydrogens is 316 g/mol. The summed E-state index contributed by atoms with van der Waals surface area (Å²) in [6, 6.07) is 3.97. The van der Waals surface area contributed by atoms with E-state index in [0.717, 1.165) is 0 Å². The zero-order chi connectivity index (χ0) is 14.6. The second-order valence-electron chi connectivity index (χ2n) is 4.38. The van der Waals surface area contributed by atoms with Gasteiger partial charge >= 0.3 is 0 Å². The molecule has 0 spiro atoms. The lowest BCUT2D eigenvalue weighted by Gasteiger charge is -2.15. The van der Waals surface area contributed by atoms with Gasteiger partial charge in [-0.05, 0) is 48.3 Å². The van der Waals surface area contributed by atoms with Crippen molar-refractivity contribution in [3.8, 4) is 0 Å². The van der Waals surface area contributed by atoms with Crippen LogP contribution >= 0.6 is 15.9 Å². The molecule has 7 heteroatoms. The van der Waals surface area contributed by atoms with E-state index in [4.69, 9.17) is 0 Å². The number of nitrogens with one attached hydrogen (secondary N) is 1. The Kier molecular flexibility index (Phi) is 5.44. The highest BCUT2D eigenvalue weighted by molar-refractivity contribution is 9.10. The van der Waals surface area contributed by atoms with Crippen molar-refractivity contribution in [2.45, 2.75) is 32.4 Å². The van der Waals surface area contributed by atoms with Crippen LogP contribution in [0.2, 0.25) is 0 Å². The summed E-state index contributed by atoms with van der Waals surface area (Å²) in [5.41, 5.74) is 0.0585. The number of aliphatic hydroxyl groups excluding tert-OH is 1. The number of nitro benzene ring substituents is 1. The number of hydrogen-bond acceptors (Lipinski definition) is 4. The molecular formula is C12H15BrN2O4. The molecule has 1 amide bonds. The van der Waals surface area contributed by atoms with Crippen LogP contribution in [0.15, 0.2) is 22.7 Å². The Balaban J connectivity index is 2.83. The highest BCUT2D eigenvalue weighted by Crippen LogP contribution is 2.25. The average Bonchev–Trinajstić information content (AvgIpc) is 2.27. The van der Waals surface area contributed by atoms with Gasteiger partial charge in [0.2, 0.25) is 0 Å². The van der Waals surface area contributed by atoms with Crippen molar-refractivity contribution in [2.24, 2.45) is 0 Å². The summed E-state index contributed by atoms with van der Waals surface area (Å²) in [6.07, 6.45) is -0.0979. The summed E-state index contributed by atoms with van der Waals surface area (Å²) in [5.74, 6) is -0.399. The van der Waals surface area contributed by atoms with Crippen LogP contribution in [0.3, 0.4) is 0 Å². The Morgan fingerprint density at radius 2 is 2.16 bits per heavy atom. The smallest absolute Gasteiger partial charge is 0.284 e. The zero-order valence-corrected chi connectivity index (χ0v) is 12.2. The van der Waals surface area contributed by atoms with Crippen molar-refractivity contribution in [3.63, 3.8) is 0 Å². The lowest BCUT2D eigenvalue weighted by Crippen LogP contribution is -2.34. The van der Waals surface area contributed by atoms with E-state index in [1.54, 1.807) is 13.8 Å². The van der Waals surface area contributed by atoms with Crippen molar-refractivity contribution in [1.82, 2.24) is 5.32 Å². The summed E-state index contributed by atoms with van der Waals surface area (Å²) < 4.78 is 0.325. The number of carbonyl (C=O) groups excluding carboxylic acids is 1. The number of rotatable bonds is 5. The predicted molar refractivity (Wildman–Crippen MR) is 74.0 cm³/mol. The summed E-state index contributed by atoms with van der Waals surface area (Å²) in [5, 5.41) is 22.7. The minimum Gasteiger partial charge on any atom is -0.393 e. The average molecular weight is 331 g/mol. The van der Waals surface area contributed by atoms with Crippen LogP contribution in [0.4, 0.5) is 5.69 Å². The van der Waals surface area contributed by atoms with Crippen molar-refractivity contribution in [3.05, 3.63) is 38.3 Å². The Bertz CT molecular complexity index is 491. The third-order valence-electron chi connectivity index (χ3n) is 2.48. The van der Waals surface area contributed by atoms with Crippen LogP contribution in [0.5, 0.6) is 0 Å². The quantitative estimate of drug-likeness (QED) is 0.639. The van der Waals surface area contributed by atoms with E-state index in [1.165, 1.54) is 18.2 Å². The third kappa shape index (κ3) is 4.60. The van der Waals surface area contributed by atoms with Crippen molar-refractivity contribution >= 4 is 27.5 Å². The van der Waals surface area contributed by atoms with E-state index in [2.05, 4.69) is 21.2 Å². The minimum absolute atomic E-state index is 0.157. The topological polar surface area (TPSA) is 92.5 Å². The molecule has 1 rings (SSSR count). The Labute approximate surface area is 119 Å². The monoisotopic (exact) mass is 330 g/mol. The molecule has 2 atom stereocenters. The van der Waals surface area contributed by atoms with Crippen molar-refractivity contribution < 1.29 is 14.8 Å². The van der Waals surface area contributed by atoms with E-state index in [-0.39, 0.29) is 17.3 Å². The van der Waals surface area contributed by atoms with Gasteiger partial charge in [-0.3, -0.25) is 14.9 Å². The molecule has 0 aromatic heterocycles. The van der Waals surface area contributed by atoms with Gasteiger partial charge in [0.15, 0.2) is 0 Å². The Morgan fingerprint density at radius 1 is 1.53 bits per heavy atom. The van der Waals surface area contributed by atoms with Gasteiger partial charge in [-0.15, -0.1) is 0 Å². The second-order valence-corrected chi connectivity index (χ2v) is 5.24. The predicted octanol–water partition coefficient (Wildman–Crippen LogP) is 2.25. The van der Waals surface area contributed by atoms with E-state index in [1.807, 2.05) is 0 Å². The fourth-order valence-corrected chi connectivity index (χ4v) is 2.06. The van der Waals surface area contributed by atoms with Gasteiger partial charge in [0.1, 0.15) is 0 Å². The largest absolute Gasteiger partial charge is 0.393 e. The molecule has 0 saturated carbocycles. The molecule has 104 valence electrons. The summed E-state index contributed by atoms with van der Waals surface area (Å²) in [4.78, 5) is 22.1. The first kappa shape index (κ1) is 15.6. The van der Waals surface area contributed by atoms with E-state index in [0.29, 0.717) is 10.9 Å². The van der Waals surface area contributed by atoms with Gasteiger partial charge in [-0.25, -0.2) is 0 Å². The standard InChI is InChI=1S/C12H15BrN2O4/c1-7(5-8(2)16)14-12(17)9-3-4-10(13)11(6-9)15(18)19/h3-4,6-8,16H,5H2,1-2H3,(H,14,17). The van der Waals surface area contributed by atoms with Crippen LogP contribution in [0.25, 0.3) is 0 Å². The molecule has 1 aromatic carbocycles. The maximum absolute atomic E-state index is 11.9. The first-order valence-electron chi connectivity index (χ1n) is 5.74. The Morgan fingerprint density at radius 3 is 2.68 bits per heavy atom. The van der Waals surface area contributed by atoms with Gasteiger partial charge < -0.3 is 10.4 Å². The van der Waals surface area contributed by atoms with Gasteiger partial charge in [-0.1, -0.05) is 0 Å². The van der Waals surface area contributed by atoms with Crippen molar-refractivity contribution in [1.29, 1.82) is 0 Å².